The van der Waals surface area contributed by atoms with Gasteiger partial charge in [-0.2, -0.15) is 0 Å². The molecule has 0 aliphatic carbocycles. The summed E-state index contributed by atoms with van der Waals surface area (Å²) in [6, 6.07) is 4.85. The van der Waals surface area contributed by atoms with E-state index in [4.69, 9.17) is 0 Å². The number of carbonyl (C=O) groups excluding carboxylic acids is 2. The zero-order chi connectivity index (χ0) is 25.1. The van der Waals surface area contributed by atoms with Crippen LogP contribution in [0.2, 0.25) is 0 Å². The van der Waals surface area contributed by atoms with Gasteiger partial charge in [0.15, 0.2) is 5.78 Å². The van der Waals surface area contributed by atoms with E-state index in [1.165, 1.54) is 12.1 Å². The van der Waals surface area contributed by atoms with Crippen LogP contribution in [0.3, 0.4) is 0 Å². The molecule has 0 saturated carbocycles. The highest BCUT2D eigenvalue weighted by molar-refractivity contribution is 6.33. The van der Waals surface area contributed by atoms with E-state index in [1.54, 1.807) is 12.4 Å². The molecule has 3 aliphatic rings. The average molecular weight is 500 g/mol. The number of Topliss-reactive ketones (excluding diaryl/α,β-unsaturated/α-hetero) is 1. The highest BCUT2D eigenvalue weighted by Crippen LogP contribution is 2.37. The lowest BCUT2D eigenvalue weighted by Gasteiger charge is -2.32. The fourth-order valence-electron chi connectivity index (χ4n) is 5.95. The first-order valence-corrected chi connectivity index (χ1v) is 12.7. The normalized spacial score (nSPS) is 18.1. The third-order valence-electron chi connectivity index (χ3n) is 7.65. The molecule has 7 rings (SSSR count). The molecule has 0 radical (unpaired) electrons. The average Bonchev–Trinajstić information content (AvgIpc) is 3.57. The van der Waals surface area contributed by atoms with Crippen LogP contribution in [0.1, 0.15) is 36.1 Å². The molecule has 9 nitrogen and oxygen atoms in total. The van der Waals surface area contributed by atoms with Gasteiger partial charge in [0, 0.05) is 62.3 Å². The maximum Gasteiger partial charge on any atom is 0.320 e. The van der Waals surface area contributed by atoms with Crippen molar-refractivity contribution in [3.05, 3.63) is 65.6 Å². The van der Waals surface area contributed by atoms with Gasteiger partial charge in [-0.1, -0.05) is 0 Å². The number of halogens is 1. The summed E-state index contributed by atoms with van der Waals surface area (Å²) in [6.07, 6.45) is 10.4. The third-order valence-corrected chi connectivity index (χ3v) is 7.65. The van der Waals surface area contributed by atoms with Crippen molar-refractivity contribution < 1.29 is 14.0 Å². The maximum atomic E-state index is 15.0. The monoisotopic (exact) mass is 499 g/mol. The summed E-state index contributed by atoms with van der Waals surface area (Å²) < 4.78 is 18.9. The van der Waals surface area contributed by atoms with Crippen molar-refractivity contribution in [1.29, 1.82) is 0 Å². The highest BCUT2D eigenvalue weighted by Gasteiger charge is 2.32. The van der Waals surface area contributed by atoms with Gasteiger partial charge in [0.2, 0.25) is 5.78 Å². The number of rotatable bonds is 2. The van der Waals surface area contributed by atoms with Crippen molar-refractivity contribution in [3.8, 4) is 0 Å². The molecule has 2 amide bonds. The molecule has 37 heavy (non-hydrogen) atoms. The van der Waals surface area contributed by atoms with Crippen LogP contribution in [-0.4, -0.2) is 66.7 Å². The first-order chi connectivity index (χ1) is 18.1. The Bertz CT molecular complexity index is 1610. The van der Waals surface area contributed by atoms with Crippen LogP contribution in [0.15, 0.2) is 43.0 Å². The number of benzene rings is 1. The van der Waals surface area contributed by atoms with Gasteiger partial charge in [-0.25, -0.2) is 19.2 Å². The second-order valence-electron chi connectivity index (χ2n) is 9.91. The number of likely N-dealkylation sites (tertiary alicyclic amines) is 1. The van der Waals surface area contributed by atoms with Crippen LogP contribution in [0.25, 0.3) is 28.0 Å². The first kappa shape index (κ1) is 22.0. The van der Waals surface area contributed by atoms with Crippen molar-refractivity contribution in [3.63, 3.8) is 0 Å². The van der Waals surface area contributed by atoms with E-state index in [1.807, 2.05) is 32.7 Å². The van der Waals surface area contributed by atoms with Crippen molar-refractivity contribution in [2.75, 3.05) is 26.2 Å². The van der Waals surface area contributed by atoms with E-state index in [-0.39, 0.29) is 24.2 Å². The SMILES string of the molecule is O=C1CNC(c2cnc3ncccn23)=C1c1cn2c3c(cc(F)cc13)CN(C(=O)N1CCCCC1)CC2. The molecular weight excluding hydrogens is 473 g/mol. The van der Waals surface area contributed by atoms with Gasteiger partial charge >= 0.3 is 6.03 Å². The third kappa shape index (κ3) is 3.50. The first-order valence-electron chi connectivity index (χ1n) is 12.7. The van der Waals surface area contributed by atoms with Crippen LogP contribution in [0.5, 0.6) is 0 Å². The van der Waals surface area contributed by atoms with Crippen LogP contribution >= 0.6 is 0 Å². The number of piperidine rings is 1. The number of hydrogen-bond donors (Lipinski definition) is 1. The van der Waals surface area contributed by atoms with Gasteiger partial charge in [0.1, 0.15) is 5.82 Å². The molecule has 1 saturated heterocycles. The number of ketones is 1. The zero-order valence-corrected chi connectivity index (χ0v) is 20.3. The van der Waals surface area contributed by atoms with Crippen LogP contribution in [0, 0.1) is 5.82 Å². The second-order valence-corrected chi connectivity index (χ2v) is 9.91. The van der Waals surface area contributed by atoms with Crippen molar-refractivity contribution in [2.24, 2.45) is 0 Å². The Kier molecular flexibility index (Phi) is 5.02. The molecule has 3 aromatic heterocycles. The molecule has 0 unspecified atom stereocenters. The van der Waals surface area contributed by atoms with Gasteiger partial charge < -0.3 is 19.7 Å². The number of nitrogens with zero attached hydrogens (tertiary/aromatic N) is 6. The number of urea groups is 1. The predicted octanol–water partition coefficient (Wildman–Crippen LogP) is 3.29. The minimum absolute atomic E-state index is 0.0180. The Morgan fingerprint density at radius 2 is 1.89 bits per heavy atom. The van der Waals surface area contributed by atoms with Gasteiger partial charge in [0.25, 0.3) is 0 Å². The molecule has 0 bridgehead atoms. The Morgan fingerprint density at radius 3 is 2.76 bits per heavy atom. The number of hydrogen-bond acceptors (Lipinski definition) is 5. The second kappa shape index (κ2) is 8.43. The molecular formula is C27H26FN7O2. The summed E-state index contributed by atoms with van der Waals surface area (Å²) in [5.74, 6) is 0.0973. The van der Waals surface area contributed by atoms with Crippen LogP contribution in [-0.2, 0) is 17.9 Å². The lowest BCUT2D eigenvalue weighted by Crippen LogP contribution is -2.45. The molecule has 0 atom stereocenters. The minimum Gasteiger partial charge on any atom is -0.375 e. The van der Waals surface area contributed by atoms with E-state index in [0.29, 0.717) is 47.6 Å². The van der Waals surface area contributed by atoms with Crippen molar-refractivity contribution in [1.82, 2.24) is 34.1 Å². The lowest BCUT2D eigenvalue weighted by atomic mass is 9.99. The number of imidazole rings is 1. The summed E-state index contributed by atoms with van der Waals surface area (Å²) in [6.45, 7) is 3.13. The smallest absolute Gasteiger partial charge is 0.320 e. The van der Waals surface area contributed by atoms with Gasteiger partial charge in [-0.05, 0) is 43.0 Å². The minimum atomic E-state index is -0.381. The number of aromatic nitrogens is 4. The van der Waals surface area contributed by atoms with Crippen molar-refractivity contribution >= 4 is 39.8 Å². The summed E-state index contributed by atoms with van der Waals surface area (Å²) in [5, 5.41) is 3.92. The molecule has 188 valence electrons. The van der Waals surface area contributed by atoms with Gasteiger partial charge in [-0.3, -0.25) is 9.20 Å². The molecule has 0 spiro atoms. The van der Waals surface area contributed by atoms with E-state index in [9.17, 15) is 9.59 Å². The molecule has 4 aromatic rings. The molecule has 1 N–H and O–H groups in total. The zero-order valence-electron chi connectivity index (χ0n) is 20.3. The summed E-state index contributed by atoms with van der Waals surface area (Å²) in [5.41, 5.74) is 4.23. The fraction of sp³-hybridized carbons (Fsp3) is 0.333. The molecule has 10 heteroatoms. The maximum absolute atomic E-state index is 15.0. The number of carbonyl (C=O) groups is 2. The number of nitrogens with one attached hydrogen (secondary N) is 1. The molecule has 6 heterocycles. The largest absolute Gasteiger partial charge is 0.375 e. The van der Waals surface area contributed by atoms with E-state index in [2.05, 4.69) is 19.9 Å². The number of fused-ring (bicyclic) bond motifs is 1. The Hall–Kier alpha value is -4.21. The fourth-order valence-corrected chi connectivity index (χ4v) is 5.95. The topological polar surface area (TPSA) is 87.8 Å². The molecule has 1 fully saturated rings. The molecule has 3 aliphatic heterocycles. The van der Waals surface area contributed by atoms with Gasteiger partial charge in [-0.15, -0.1) is 0 Å². The van der Waals surface area contributed by atoms with E-state index >= 15 is 4.39 Å². The quantitative estimate of drug-likeness (QED) is 0.457. The summed E-state index contributed by atoms with van der Waals surface area (Å²) in [7, 11) is 0. The van der Waals surface area contributed by atoms with Gasteiger partial charge in [0.05, 0.1) is 35.2 Å². The highest BCUT2D eigenvalue weighted by atomic mass is 19.1. The Labute approximate surface area is 212 Å². The van der Waals surface area contributed by atoms with E-state index in [0.717, 1.165) is 49.1 Å². The summed E-state index contributed by atoms with van der Waals surface area (Å²) >= 11 is 0. The van der Waals surface area contributed by atoms with Crippen molar-refractivity contribution in [2.45, 2.75) is 32.4 Å². The predicted molar refractivity (Wildman–Crippen MR) is 136 cm³/mol. The summed E-state index contributed by atoms with van der Waals surface area (Å²) in [4.78, 5) is 38.9. The van der Waals surface area contributed by atoms with Crippen LogP contribution in [0.4, 0.5) is 9.18 Å². The lowest BCUT2D eigenvalue weighted by molar-refractivity contribution is -0.112. The Balaban J connectivity index is 1.34. The number of amides is 2. The standard InChI is InChI=1S/C27H26FN7O2/c28-18-11-17-15-34(27(37)32-6-2-1-3-7-32)10-9-33-16-20(19(12-18)25(17)33)23-22(36)14-30-24(23)21-13-31-26-29-5-4-8-35(21)26/h4-5,8,11-13,16,30H,1-3,6-7,9-10,14-15H2. The van der Waals surface area contributed by atoms with Crippen LogP contribution < -0.4 is 5.32 Å². The van der Waals surface area contributed by atoms with E-state index < -0.39 is 0 Å². The Morgan fingerprint density at radius 1 is 1.03 bits per heavy atom. The molecule has 1 aromatic carbocycles.